The number of ether oxygens (including phenoxy) is 1. The summed E-state index contributed by atoms with van der Waals surface area (Å²) >= 11 is 0. The van der Waals surface area contributed by atoms with Crippen LogP contribution in [0.4, 0.5) is 17.1 Å². The van der Waals surface area contributed by atoms with Crippen molar-refractivity contribution in [2.75, 3.05) is 5.32 Å². The fraction of sp³-hybridized carbons (Fsp3) is 0. The van der Waals surface area contributed by atoms with Crippen LogP contribution in [-0.4, -0.2) is 37.9 Å². The molecule has 0 aliphatic carbocycles. The van der Waals surface area contributed by atoms with Gasteiger partial charge in [-0.2, -0.15) is 0 Å². The minimum absolute atomic E-state index is 0.0141. The minimum Gasteiger partial charge on any atom is -0.478 e. The number of benzene rings is 3. The number of amides is 1. The molecule has 3 aromatic rings. The normalized spacial score (nSPS) is 10.2. The molecular formula is C21H13N3O10. The number of nitro groups is 2. The number of rotatable bonds is 8. The Morgan fingerprint density at radius 3 is 1.91 bits per heavy atom. The highest BCUT2D eigenvalue weighted by molar-refractivity contribution is 6.05. The molecule has 3 N–H and O–H groups in total. The zero-order valence-electron chi connectivity index (χ0n) is 16.8. The SMILES string of the molecule is O=C(Nc1cccc(Oc2ccc(C(=O)O)c(C(=O)O)c2)c1)c1cc([N+](=O)[O-])cc([N+](=O)[O-])c1. The van der Waals surface area contributed by atoms with Crippen LogP contribution in [0.15, 0.2) is 60.7 Å². The third-order valence-corrected chi connectivity index (χ3v) is 4.37. The predicted octanol–water partition coefficient (Wildman–Crippen LogP) is 3.94. The van der Waals surface area contributed by atoms with Gasteiger partial charge in [0.1, 0.15) is 11.5 Å². The van der Waals surface area contributed by atoms with Gasteiger partial charge in [-0.15, -0.1) is 0 Å². The van der Waals surface area contributed by atoms with Gasteiger partial charge < -0.3 is 20.3 Å². The van der Waals surface area contributed by atoms with Gasteiger partial charge in [0.15, 0.2) is 0 Å². The van der Waals surface area contributed by atoms with Crippen molar-refractivity contribution in [3.8, 4) is 11.5 Å². The standard InChI is InChI=1S/C21H13N3O10/c25-19(11-6-13(23(30)31)9-14(7-11)24(32)33)22-12-2-1-3-15(8-12)34-16-4-5-17(20(26)27)18(10-16)21(28)29/h1-10H,(H,22,25)(H,26,27)(H,28,29). The van der Waals surface area contributed by atoms with Crippen LogP contribution >= 0.6 is 0 Å². The molecule has 13 nitrogen and oxygen atoms in total. The summed E-state index contributed by atoms with van der Waals surface area (Å²) in [6.45, 7) is 0. The Balaban J connectivity index is 1.84. The maximum Gasteiger partial charge on any atom is 0.336 e. The molecule has 3 aromatic carbocycles. The lowest BCUT2D eigenvalue weighted by molar-refractivity contribution is -0.394. The fourth-order valence-corrected chi connectivity index (χ4v) is 2.86. The summed E-state index contributed by atoms with van der Waals surface area (Å²) in [4.78, 5) is 55.3. The summed E-state index contributed by atoms with van der Waals surface area (Å²) in [5, 5.41) is 42.8. The van der Waals surface area contributed by atoms with E-state index in [-0.39, 0.29) is 22.7 Å². The number of carbonyl (C=O) groups excluding carboxylic acids is 1. The average molecular weight is 467 g/mol. The molecule has 13 heteroatoms. The highest BCUT2D eigenvalue weighted by Gasteiger charge is 2.20. The molecule has 0 heterocycles. The summed E-state index contributed by atoms with van der Waals surface area (Å²) in [5.74, 6) is -3.59. The number of anilines is 1. The second kappa shape index (κ2) is 9.44. The van der Waals surface area contributed by atoms with Crippen molar-refractivity contribution in [2.24, 2.45) is 0 Å². The Labute approximate surface area is 189 Å². The smallest absolute Gasteiger partial charge is 0.336 e. The van der Waals surface area contributed by atoms with E-state index >= 15 is 0 Å². The van der Waals surface area contributed by atoms with Crippen LogP contribution in [0.25, 0.3) is 0 Å². The molecule has 0 aliphatic rings. The summed E-state index contributed by atoms with van der Waals surface area (Å²) < 4.78 is 5.55. The quantitative estimate of drug-likeness (QED) is 0.322. The Morgan fingerprint density at radius 2 is 1.35 bits per heavy atom. The Morgan fingerprint density at radius 1 is 0.765 bits per heavy atom. The predicted molar refractivity (Wildman–Crippen MR) is 115 cm³/mol. The van der Waals surface area contributed by atoms with Gasteiger partial charge in [-0.3, -0.25) is 25.0 Å². The van der Waals surface area contributed by atoms with Gasteiger partial charge in [0.2, 0.25) is 0 Å². The summed E-state index contributed by atoms with van der Waals surface area (Å²) in [6, 6.07) is 11.6. The van der Waals surface area contributed by atoms with Gasteiger partial charge in [-0.05, 0) is 30.3 Å². The molecule has 0 fully saturated rings. The first-order valence-corrected chi connectivity index (χ1v) is 9.19. The van der Waals surface area contributed by atoms with Crippen molar-refractivity contribution in [1.82, 2.24) is 0 Å². The molecule has 0 bridgehead atoms. The van der Waals surface area contributed by atoms with Crippen molar-refractivity contribution in [2.45, 2.75) is 0 Å². The minimum atomic E-state index is -1.46. The Bertz CT molecular complexity index is 1320. The maximum atomic E-state index is 12.5. The third kappa shape index (κ3) is 5.28. The zero-order chi connectivity index (χ0) is 25.0. The fourth-order valence-electron chi connectivity index (χ4n) is 2.86. The number of aromatic carboxylic acids is 2. The lowest BCUT2D eigenvalue weighted by atomic mass is 10.1. The van der Waals surface area contributed by atoms with Crippen molar-refractivity contribution in [3.05, 3.63) is 97.6 Å². The second-order valence-corrected chi connectivity index (χ2v) is 6.65. The molecule has 1 amide bonds. The first-order valence-electron chi connectivity index (χ1n) is 9.19. The Hall–Kier alpha value is -5.33. The van der Waals surface area contributed by atoms with Gasteiger partial charge in [0.25, 0.3) is 17.3 Å². The lowest BCUT2D eigenvalue weighted by Crippen LogP contribution is -2.12. The molecule has 0 aromatic heterocycles. The third-order valence-electron chi connectivity index (χ3n) is 4.37. The van der Waals surface area contributed by atoms with E-state index in [0.29, 0.717) is 0 Å². The summed E-state index contributed by atoms with van der Waals surface area (Å²) in [7, 11) is 0. The number of nitrogens with zero attached hydrogens (tertiary/aromatic N) is 2. The number of carbonyl (C=O) groups is 3. The zero-order valence-corrected chi connectivity index (χ0v) is 16.8. The van der Waals surface area contributed by atoms with Crippen LogP contribution in [-0.2, 0) is 0 Å². The van der Waals surface area contributed by atoms with Crippen LogP contribution in [0, 0.1) is 20.2 Å². The van der Waals surface area contributed by atoms with Gasteiger partial charge in [-0.25, -0.2) is 9.59 Å². The number of non-ortho nitro benzene ring substituents is 2. The van der Waals surface area contributed by atoms with Gasteiger partial charge in [0, 0.05) is 23.9 Å². The number of hydrogen-bond donors (Lipinski definition) is 3. The van der Waals surface area contributed by atoms with Gasteiger partial charge in [0.05, 0.1) is 32.6 Å². The van der Waals surface area contributed by atoms with Crippen molar-refractivity contribution in [1.29, 1.82) is 0 Å². The van der Waals surface area contributed by atoms with Crippen molar-refractivity contribution in [3.63, 3.8) is 0 Å². The van der Waals surface area contributed by atoms with Crippen LogP contribution in [0.2, 0.25) is 0 Å². The average Bonchev–Trinajstić information content (AvgIpc) is 2.78. The maximum absolute atomic E-state index is 12.5. The van der Waals surface area contributed by atoms with E-state index in [1.165, 1.54) is 30.3 Å². The molecule has 0 unspecified atom stereocenters. The molecule has 0 spiro atoms. The molecule has 0 saturated heterocycles. The molecule has 0 radical (unpaired) electrons. The lowest BCUT2D eigenvalue weighted by Gasteiger charge is -2.10. The van der Waals surface area contributed by atoms with Crippen LogP contribution in [0.5, 0.6) is 11.5 Å². The van der Waals surface area contributed by atoms with E-state index in [0.717, 1.165) is 30.3 Å². The van der Waals surface area contributed by atoms with E-state index in [1.54, 1.807) is 0 Å². The highest BCUT2D eigenvalue weighted by atomic mass is 16.6. The monoisotopic (exact) mass is 467 g/mol. The van der Waals surface area contributed by atoms with E-state index in [9.17, 15) is 39.7 Å². The molecule has 172 valence electrons. The Kier molecular flexibility index (Phi) is 6.48. The number of carboxylic acid groups (broad SMARTS) is 2. The first-order chi connectivity index (χ1) is 16.0. The summed E-state index contributed by atoms with van der Waals surface area (Å²) in [6.07, 6.45) is 0. The van der Waals surface area contributed by atoms with Crippen molar-refractivity contribution < 1.29 is 39.2 Å². The molecule has 0 aliphatic heterocycles. The van der Waals surface area contributed by atoms with E-state index in [4.69, 9.17) is 9.84 Å². The molecular weight excluding hydrogens is 454 g/mol. The molecule has 0 atom stereocenters. The topological polar surface area (TPSA) is 199 Å². The van der Waals surface area contributed by atoms with Crippen molar-refractivity contribution >= 4 is 34.9 Å². The largest absolute Gasteiger partial charge is 0.478 e. The van der Waals surface area contributed by atoms with Gasteiger partial charge in [-0.1, -0.05) is 6.07 Å². The molecule has 0 saturated carbocycles. The number of nitrogens with one attached hydrogen (secondary N) is 1. The number of nitro benzene ring substituents is 2. The molecule has 3 rings (SSSR count). The van der Waals surface area contributed by atoms with E-state index in [2.05, 4.69) is 5.32 Å². The number of hydrogen-bond acceptors (Lipinski definition) is 8. The summed E-state index contributed by atoms with van der Waals surface area (Å²) in [5.41, 5.74) is -2.32. The molecule has 34 heavy (non-hydrogen) atoms. The van der Waals surface area contributed by atoms with Crippen LogP contribution in [0.3, 0.4) is 0 Å². The van der Waals surface area contributed by atoms with Crippen LogP contribution in [0.1, 0.15) is 31.1 Å². The van der Waals surface area contributed by atoms with Gasteiger partial charge >= 0.3 is 11.9 Å². The first kappa shape index (κ1) is 23.3. The van der Waals surface area contributed by atoms with Crippen LogP contribution < -0.4 is 10.1 Å². The van der Waals surface area contributed by atoms with E-state index in [1.807, 2.05) is 0 Å². The second-order valence-electron chi connectivity index (χ2n) is 6.65. The number of carboxylic acids is 2. The van der Waals surface area contributed by atoms with E-state index < -0.39 is 50.2 Å². The highest BCUT2D eigenvalue weighted by Crippen LogP contribution is 2.28.